The fraction of sp³-hybridized carbons (Fsp3) is 0.409. The molecule has 0 saturated carbocycles. The summed E-state index contributed by atoms with van der Waals surface area (Å²) < 4.78 is 5.40. The first-order valence-corrected chi connectivity index (χ1v) is 10.1. The molecular weight excluding hydrogens is 352 g/mol. The van der Waals surface area contributed by atoms with E-state index in [0.717, 1.165) is 58.2 Å². The Balaban J connectivity index is 1.23. The molecule has 2 aromatic carbocycles. The van der Waals surface area contributed by atoms with Crippen LogP contribution in [0.25, 0.3) is 0 Å². The lowest BCUT2D eigenvalue weighted by atomic mass is 10.2. The van der Waals surface area contributed by atoms with E-state index in [-0.39, 0.29) is 5.91 Å². The van der Waals surface area contributed by atoms with Crippen LogP contribution in [-0.2, 0) is 9.53 Å². The van der Waals surface area contributed by atoms with Crippen LogP contribution in [0.1, 0.15) is 0 Å². The minimum atomic E-state index is 0.0854. The van der Waals surface area contributed by atoms with Crippen LogP contribution in [0.2, 0.25) is 0 Å². The van der Waals surface area contributed by atoms with Gasteiger partial charge in [0.25, 0.3) is 5.91 Å². The van der Waals surface area contributed by atoms with Crippen LogP contribution < -0.4 is 20.0 Å². The Morgan fingerprint density at radius 2 is 1.46 bits per heavy atom. The molecule has 2 saturated heterocycles. The number of rotatable bonds is 5. The van der Waals surface area contributed by atoms with Crippen molar-refractivity contribution in [1.29, 1.82) is 0 Å². The normalized spacial score (nSPS) is 18.1. The Morgan fingerprint density at radius 3 is 2.14 bits per heavy atom. The predicted octanol–water partition coefficient (Wildman–Crippen LogP) is 0.867. The number of anilines is 3. The molecule has 2 heterocycles. The molecule has 4 rings (SSSR count). The molecule has 2 fully saturated rings. The fourth-order valence-corrected chi connectivity index (χ4v) is 3.91. The van der Waals surface area contributed by atoms with Gasteiger partial charge < -0.3 is 24.8 Å². The first kappa shape index (κ1) is 18.8. The molecule has 0 aliphatic carbocycles. The van der Waals surface area contributed by atoms with Crippen molar-refractivity contribution in [1.82, 2.24) is 0 Å². The predicted molar refractivity (Wildman–Crippen MR) is 112 cm³/mol. The van der Waals surface area contributed by atoms with Crippen molar-refractivity contribution in [3.63, 3.8) is 0 Å². The zero-order valence-corrected chi connectivity index (χ0v) is 16.3. The van der Waals surface area contributed by atoms with Crippen molar-refractivity contribution in [3.8, 4) is 0 Å². The van der Waals surface area contributed by atoms with Crippen LogP contribution in [0.5, 0.6) is 0 Å². The van der Waals surface area contributed by atoms with Gasteiger partial charge in [0.1, 0.15) is 0 Å². The third-order valence-electron chi connectivity index (χ3n) is 5.53. The number of carbonyl (C=O) groups excluding carboxylic acids is 1. The highest BCUT2D eigenvalue weighted by Crippen LogP contribution is 2.19. The van der Waals surface area contributed by atoms with E-state index in [0.29, 0.717) is 6.54 Å². The number of piperazine rings is 1. The molecule has 2 aliphatic rings. The largest absolute Gasteiger partial charge is 0.378 e. The smallest absolute Gasteiger partial charge is 0.279 e. The lowest BCUT2D eigenvalue weighted by molar-refractivity contribution is -0.892. The van der Waals surface area contributed by atoms with Gasteiger partial charge in [0.15, 0.2) is 6.54 Å². The summed E-state index contributed by atoms with van der Waals surface area (Å²) in [6.45, 7) is 7.86. The number of quaternary nitrogens is 1. The molecule has 2 aliphatic heterocycles. The van der Waals surface area contributed by atoms with Gasteiger partial charge in [-0.25, -0.2) is 0 Å². The molecule has 0 atom stereocenters. The molecule has 2 aromatic rings. The summed E-state index contributed by atoms with van der Waals surface area (Å²) in [5, 5.41) is 3.05. The van der Waals surface area contributed by atoms with E-state index in [2.05, 4.69) is 51.5 Å². The fourth-order valence-electron chi connectivity index (χ4n) is 3.91. The molecule has 0 spiro atoms. The third kappa shape index (κ3) is 4.82. The molecule has 6 nitrogen and oxygen atoms in total. The second-order valence-corrected chi connectivity index (χ2v) is 7.44. The highest BCUT2D eigenvalue weighted by Gasteiger charge is 2.22. The second kappa shape index (κ2) is 9.08. The van der Waals surface area contributed by atoms with Gasteiger partial charge in [0.2, 0.25) is 0 Å². The number of benzene rings is 2. The molecule has 148 valence electrons. The average molecular weight is 382 g/mol. The molecule has 1 amide bonds. The molecular formula is C22H29N4O2+. The number of hydrogen-bond acceptors (Lipinski definition) is 4. The number of carbonyl (C=O) groups is 1. The van der Waals surface area contributed by atoms with Crippen molar-refractivity contribution in [2.24, 2.45) is 0 Å². The number of nitrogens with one attached hydrogen (secondary N) is 2. The van der Waals surface area contributed by atoms with Crippen molar-refractivity contribution in [2.45, 2.75) is 0 Å². The Morgan fingerprint density at radius 1 is 0.857 bits per heavy atom. The van der Waals surface area contributed by atoms with Gasteiger partial charge in [-0.2, -0.15) is 0 Å². The maximum Gasteiger partial charge on any atom is 0.279 e. The standard InChI is InChI=1S/C22H28N4O2/c27-22(18-24-10-12-25(13-11-24)20-4-2-1-3-5-20)23-19-6-8-21(9-7-19)26-14-16-28-17-15-26/h1-9H,10-18H2,(H,23,27)/p+1. The summed E-state index contributed by atoms with van der Waals surface area (Å²) >= 11 is 0. The van der Waals surface area contributed by atoms with Crippen LogP contribution in [0.15, 0.2) is 54.6 Å². The van der Waals surface area contributed by atoms with Crippen LogP contribution in [0.3, 0.4) is 0 Å². The lowest BCUT2D eigenvalue weighted by Gasteiger charge is -2.33. The Hall–Kier alpha value is -2.57. The topological polar surface area (TPSA) is 49.2 Å². The van der Waals surface area contributed by atoms with E-state index in [1.807, 2.05) is 18.2 Å². The lowest BCUT2D eigenvalue weighted by Crippen LogP contribution is -3.15. The van der Waals surface area contributed by atoms with E-state index in [1.165, 1.54) is 16.3 Å². The number of ether oxygens (including phenoxy) is 1. The van der Waals surface area contributed by atoms with Crippen LogP contribution in [0.4, 0.5) is 17.1 Å². The molecule has 0 aromatic heterocycles. The Labute approximate surface area is 166 Å². The summed E-state index contributed by atoms with van der Waals surface area (Å²) in [5.41, 5.74) is 3.32. The highest BCUT2D eigenvalue weighted by molar-refractivity contribution is 5.91. The summed E-state index contributed by atoms with van der Waals surface area (Å²) in [6.07, 6.45) is 0. The number of nitrogens with zero attached hydrogens (tertiary/aromatic N) is 2. The van der Waals surface area contributed by atoms with E-state index < -0.39 is 0 Å². The number of amides is 1. The van der Waals surface area contributed by atoms with Gasteiger partial charge in [-0.3, -0.25) is 4.79 Å². The summed E-state index contributed by atoms with van der Waals surface area (Å²) in [6, 6.07) is 18.6. The minimum Gasteiger partial charge on any atom is -0.378 e. The molecule has 28 heavy (non-hydrogen) atoms. The molecule has 0 radical (unpaired) electrons. The summed E-state index contributed by atoms with van der Waals surface area (Å²) in [4.78, 5) is 18.5. The second-order valence-electron chi connectivity index (χ2n) is 7.44. The molecule has 6 heteroatoms. The van der Waals surface area contributed by atoms with Gasteiger partial charge in [0, 0.05) is 30.2 Å². The first-order valence-electron chi connectivity index (χ1n) is 10.1. The van der Waals surface area contributed by atoms with Crippen LogP contribution in [-0.4, -0.2) is 64.9 Å². The van der Waals surface area contributed by atoms with E-state index >= 15 is 0 Å². The number of para-hydroxylation sites is 1. The molecule has 2 N–H and O–H groups in total. The van der Waals surface area contributed by atoms with Gasteiger partial charge in [-0.1, -0.05) is 18.2 Å². The zero-order valence-electron chi connectivity index (χ0n) is 16.3. The maximum absolute atomic E-state index is 12.4. The number of hydrogen-bond donors (Lipinski definition) is 2. The Kier molecular flexibility index (Phi) is 6.09. The van der Waals surface area contributed by atoms with E-state index in [9.17, 15) is 4.79 Å². The van der Waals surface area contributed by atoms with Gasteiger partial charge in [0.05, 0.1) is 39.4 Å². The van der Waals surface area contributed by atoms with Crippen molar-refractivity contribution in [3.05, 3.63) is 54.6 Å². The van der Waals surface area contributed by atoms with E-state index in [4.69, 9.17) is 4.74 Å². The SMILES string of the molecule is O=C(C[NH+]1CCN(c2ccccc2)CC1)Nc1ccc(N2CCOCC2)cc1. The highest BCUT2D eigenvalue weighted by atomic mass is 16.5. The van der Waals surface area contributed by atoms with Crippen molar-refractivity contribution < 1.29 is 14.4 Å². The van der Waals surface area contributed by atoms with Crippen LogP contribution in [0, 0.1) is 0 Å². The van der Waals surface area contributed by atoms with Gasteiger partial charge in [-0.05, 0) is 36.4 Å². The molecule has 0 bridgehead atoms. The first-order chi connectivity index (χ1) is 13.8. The van der Waals surface area contributed by atoms with Gasteiger partial charge in [-0.15, -0.1) is 0 Å². The zero-order chi connectivity index (χ0) is 19.2. The van der Waals surface area contributed by atoms with Gasteiger partial charge >= 0.3 is 0 Å². The Bertz CT molecular complexity index is 752. The monoisotopic (exact) mass is 381 g/mol. The van der Waals surface area contributed by atoms with Crippen molar-refractivity contribution >= 4 is 23.0 Å². The average Bonchev–Trinajstić information content (AvgIpc) is 2.76. The summed E-state index contributed by atoms with van der Waals surface area (Å²) in [5.74, 6) is 0.0854. The minimum absolute atomic E-state index is 0.0854. The maximum atomic E-state index is 12.4. The number of morpholine rings is 1. The summed E-state index contributed by atoms with van der Waals surface area (Å²) in [7, 11) is 0. The van der Waals surface area contributed by atoms with Crippen molar-refractivity contribution in [2.75, 3.05) is 74.1 Å². The molecule has 0 unspecified atom stereocenters. The quantitative estimate of drug-likeness (QED) is 0.807. The third-order valence-corrected chi connectivity index (χ3v) is 5.53. The van der Waals surface area contributed by atoms with E-state index in [1.54, 1.807) is 0 Å². The van der Waals surface area contributed by atoms with Crippen LogP contribution >= 0.6 is 0 Å².